The highest BCUT2D eigenvalue weighted by Crippen LogP contribution is 2.38. The van der Waals surface area contributed by atoms with Crippen LogP contribution >= 0.6 is 11.6 Å². The summed E-state index contributed by atoms with van der Waals surface area (Å²) in [4.78, 5) is 66.4. The van der Waals surface area contributed by atoms with Gasteiger partial charge >= 0.3 is 5.37 Å². The molecule has 1 aliphatic rings. The Kier molecular flexibility index (Phi) is 12.1. The Bertz CT molecular complexity index is 1500. The van der Waals surface area contributed by atoms with Gasteiger partial charge in [0.1, 0.15) is 42.2 Å². The van der Waals surface area contributed by atoms with Gasteiger partial charge in [-0.3, -0.25) is 24.0 Å². The fourth-order valence-corrected chi connectivity index (χ4v) is 5.16. The largest absolute Gasteiger partial charge is 0.507 e. The van der Waals surface area contributed by atoms with E-state index in [1.165, 1.54) is 44.3 Å². The minimum atomic E-state index is -1.39. The van der Waals surface area contributed by atoms with Gasteiger partial charge in [-0.25, -0.2) is 0 Å². The van der Waals surface area contributed by atoms with Crippen LogP contribution in [0.2, 0.25) is 0 Å². The van der Waals surface area contributed by atoms with Crippen LogP contribution in [-0.4, -0.2) is 82.4 Å². The molecule has 0 aromatic heterocycles. The molecule has 2 aromatic rings. The lowest BCUT2D eigenvalue weighted by molar-refractivity contribution is -0.141. The Balaban J connectivity index is 2.15. The number of aromatic hydroxyl groups is 2. The van der Waals surface area contributed by atoms with Crippen molar-refractivity contribution in [3.8, 4) is 28.7 Å². The maximum Gasteiger partial charge on any atom is 0.314 e. The van der Waals surface area contributed by atoms with Gasteiger partial charge in [0.25, 0.3) is 0 Å². The van der Waals surface area contributed by atoms with Gasteiger partial charge in [0.2, 0.25) is 23.6 Å². The Hall–Kier alpha value is -4.87. The van der Waals surface area contributed by atoms with E-state index in [9.17, 15) is 34.2 Å². The fourth-order valence-electron chi connectivity index (χ4n) is 5.03. The molecule has 0 aliphatic carbocycles. The molecular weight excluding hydrogens is 606 g/mol. The Morgan fingerprint density at radius 3 is 2.40 bits per heavy atom. The zero-order chi connectivity index (χ0) is 33.3. The van der Waals surface area contributed by atoms with Crippen LogP contribution in [0.3, 0.4) is 0 Å². The average molecular weight is 642 g/mol. The van der Waals surface area contributed by atoms with Crippen LogP contribution in [0.4, 0.5) is 4.79 Å². The van der Waals surface area contributed by atoms with Crippen molar-refractivity contribution in [2.24, 2.45) is 5.73 Å². The van der Waals surface area contributed by atoms with Crippen LogP contribution in [0.5, 0.6) is 11.5 Å². The highest BCUT2D eigenvalue weighted by atomic mass is 35.5. The number of nitrogens with two attached hydrogens (primary N) is 1. The Morgan fingerprint density at radius 1 is 1.09 bits per heavy atom. The molecule has 0 saturated carbocycles. The van der Waals surface area contributed by atoms with Gasteiger partial charge in [0.05, 0.1) is 6.07 Å². The number of phenols is 2. The number of nitriles is 1. The molecule has 0 radical (unpaired) electrons. The van der Waals surface area contributed by atoms with E-state index in [2.05, 4.69) is 21.3 Å². The van der Waals surface area contributed by atoms with E-state index in [1.54, 1.807) is 12.1 Å². The van der Waals surface area contributed by atoms with Crippen molar-refractivity contribution in [3.63, 3.8) is 0 Å². The van der Waals surface area contributed by atoms with Crippen molar-refractivity contribution >= 4 is 40.6 Å². The monoisotopic (exact) mass is 641 g/mol. The fraction of sp³-hybridized carbons (Fsp3) is 0.400. The zero-order valence-corrected chi connectivity index (χ0v) is 25.6. The number of carbonyl (C=O) groups is 5. The summed E-state index contributed by atoms with van der Waals surface area (Å²) in [5.41, 5.74) is 6.57. The first kappa shape index (κ1) is 34.6. The molecule has 0 unspecified atom stereocenters. The number of fused-ring (bicyclic) bond motifs is 5. The number of rotatable bonds is 9. The lowest BCUT2D eigenvalue weighted by Crippen LogP contribution is -2.55. The van der Waals surface area contributed by atoms with E-state index in [4.69, 9.17) is 22.6 Å². The summed E-state index contributed by atoms with van der Waals surface area (Å²) >= 11 is 5.55. The number of nitrogens with one attached hydrogen (secondary N) is 4. The van der Waals surface area contributed by atoms with Gasteiger partial charge in [-0.1, -0.05) is 12.1 Å². The van der Waals surface area contributed by atoms with E-state index >= 15 is 0 Å². The highest BCUT2D eigenvalue weighted by Gasteiger charge is 2.35. The molecule has 3 rings (SSSR count). The molecule has 0 spiro atoms. The van der Waals surface area contributed by atoms with Crippen LogP contribution < -0.4 is 27.0 Å². The molecule has 1 heterocycles. The standard InChI is InChI=1S/C30H36ClN7O7/c1-16-26(41)36-22(27(42)34-12-11-33)14-17-6-8-23(39)19(13-17)20-15-18(7-9-24(20)40)25(28(43)35-16)38(2)29(44)21(37-30(31)45)5-3-4-10-32/h6-9,13,15-16,21-22,25,39-40H,3-5,10,12,14,32H2,1-2H3,(H,34,42)(H,35,43)(H,36,41)(H,37,45)/t16-,21-,22-,25-/m0/s1. The van der Waals surface area contributed by atoms with E-state index in [-0.39, 0.29) is 47.6 Å². The number of carbonyl (C=O) groups excluding carboxylic acids is 5. The van der Waals surface area contributed by atoms with Crippen LogP contribution in [-0.2, 0) is 25.6 Å². The molecule has 5 amide bonds. The number of nitrogens with zero attached hydrogens (tertiary/aromatic N) is 2. The second-order valence-corrected chi connectivity index (χ2v) is 10.9. The summed E-state index contributed by atoms with van der Waals surface area (Å²) in [7, 11) is 1.34. The molecule has 8 N–H and O–H groups in total. The predicted molar refractivity (Wildman–Crippen MR) is 164 cm³/mol. The maximum absolute atomic E-state index is 13.8. The third-order valence-electron chi connectivity index (χ3n) is 7.37. The van der Waals surface area contributed by atoms with Crippen LogP contribution in [0, 0.1) is 11.3 Å². The summed E-state index contributed by atoms with van der Waals surface area (Å²) in [6, 6.07) is 5.52. The second kappa shape index (κ2) is 15.7. The van der Waals surface area contributed by atoms with E-state index in [0.29, 0.717) is 24.9 Å². The van der Waals surface area contributed by atoms with Gasteiger partial charge in [0.15, 0.2) is 0 Å². The molecule has 1 aliphatic heterocycles. The van der Waals surface area contributed by atoms with Crippen LogP contribution in [0.15, 0.2) is 36.4 Å². The SMILES string of the molecule is C[C@@H]1NC(=O)[C@@H](N(C)C(=O)[C@H](CCCCN)NC(=O)Cl)c2ccc(O)c(c2)-c2cc(ccc2O)C[C@@H](C(=O)NCC#N)NC1=O. The maximum atomic E-state index is 13.8. The lowest BCUT2D eigenvalue weighted by atomic mass is 9.93. The Labute approximate surface area is 264 Å². The smallest absolute Gasteiger partial charge is 0.314 e. The normalized spacial score (nSPS) is 18.7. The number of hydrogen-bond acceptors (Lipinski definition) is 9. The first-order valence-corrected chi connectivity index (χ1v) is 14.6. The highest BCUT2D eigenvalue weighted by molar-refractivity contribution is 6.63. The minimum absolute atomic E-state index is 0.0465. The molecule has 4 bridgehead atoms. The van der Waals surface area contributed by atoms with Gasteiger partial charge < -0.3 is 42.1 Å². The average Bonchev–Trinajstić information content (AvgIpc) is 2.99. The summed E-state index contributed by atoms with van der Waals surface area (Å²) in [6.07, 6.45) is 1.19. The molecule has 0 fully saturated rings. The van der Waals surface area contributed by atoms with Crippen molar-refractivity contribution in [3.05, 3.63) is 47.5 Å². The quantitative estimate of drug-likeness (QED) is 0.0891. The molecular formula is C30H36ClN7O7. The Morgan fingerprint density at radius 2 is 1.76 bits per heavy atom. The second-order valence-electron chi connectivity index (χ2n) is 10.6. The minimum Gasteiger partial charge on any atom is -0.507 e. The molecule has 45 heavy (non-hydrogen) atoms. The summed E-state index contributed by atoms with van der Waals surface area (Å²) in [5, 5.41) is 39.5. The molecule has 2 aromatic carbocycles. The molecule has 4 atom stereocenters. The molecule has 0 saturated heterocycles. The number of hydrogen-bond donors (Lipinski definition) is 7. The third-order valence-corrected chi connectivity index (χ3v) is 7.48. The summed E-state index contributed by atoms with van der Waals surface area (Å²) in [5.74, 6) is -3.29. The number of likely N-dealkylation sites (N-methyl/N-ethyl adjacent to an activating group) is 1. The predicted octanol–water partition coefficient (Wildman–Crippen LogP) is 0.896. The van der Waals surface area contributed by atoms with Gasteiger partial charge in [-0.05, 0) is 79.7 Å². The zero-order valence-electron chi connectivity index (χ0n) is 24.8. The first-order chi connectivity index (χ1) is 21.4. The number of amides is 5. The topological polar surface area (TPSA) is 227 Å². The number of unbranched alkanes of at least 4 members (excludes halogenated alkanes) is 1. The van der Waals surface area contributed by atoms with Gasteiger partial charge in [-0.2, -0.15) is 5.26 Å². The van der Waals surface area contributed by atoms with Crippen molar-refractivity contribution < 1.29 is 34.2 Å². The number of benzene rings is 2. The van der Waals surface area contributed by atoms with E-state index in [0.717, 1.165) is 4.90 Å². The van der Waals surface area contributed by atoms with Crippen LogP contribution in [0.25, 0.3) is 11.1 Å². The molecule has 240 valence electrons. The van der Waals surface area contributed by atoms with Gasteiger partial charge in [-0.15, -0.1) is 0 Å². The van der Waals surface area contributed by atoms with Crippen molar-refractivity contribution in [1.29, 1.82) is 5.26 Å². The van der Waals surface area contributed by atoms with E-state index < -0.39 is 53.2 Å². The van der Waals surface area contributed by atoms with Crippen LogP contribution in [0.1, 0.15) is 43.4 Å². The van der Waals surface area contributed by atoms with Crippen molar-refractivity contribution in [2.75, 3.05) is 20.1 Å². The number of phenolic OH excluding ortho intramolecular Hbond substituents is 2. The molecule has 14 nitrogen and oxygen atoms in total. The summed E-state index contributed by atoms with van der Waals surface area (Å²) < 4.78 is 0. The first-order valence-electron chi connectivity index (χ1n) is 14.2. The number of halogens is 1. The van der Waals surface area contributed by atoms with E-state index in [1.807, 2.05) is 0 Å². The van der Waals surface area contributed by atoms with Crippen molar-refractivity contribution in [1.82, 2.24) is 26.2 Å². The van der Waals surface area contributed by atoms with Crippen molar-refractivity contribution in [2.45, 2.75) is 56.8 Å². The van der Waals surface area contributed by atoms with Gasteiger partial charge in [0, 0.05) is 24.6 Å². The lowest BCUT2D eigenvalue weighted by Gasteiger charge is -2.32. The third kappa shape index (κ3) is 8.84. The summed E-state index contributed by atoms with van der Waals surface area (Å²) in [6.45, 7) is 1.45. The molecule has 15 heteroatoms.